The Hall–Kier alpha value is -1.62. The Kier molecular flexibility index (Phi) is 4.16. The van der Waals surface area contributed by atoms with Crippen molar-refractivity contribution in [3.8, 4) is 0 Å². The number of aromatic nitrogens is 1. The zero-order valence-electron chi connectivity index (χ0n) is 11.7. The van der Waals surface area contributed by atoms with Gasteiger partial charge in [-0.15, -0.1) is 0 Å². The summed E-state index contributed by atoms with van der Waals surface area (Å²) < 4.78 is 5.35. The Morgan fingerprint density at radius 1 is 1.20 bits per heavy atom. The van der Waals surface area contributed by atoms with E-state index in [1.807, 2.05) is 11.1 Å². The Labute approximate surface area is 119 Å². The summed E-state index contributed by atoms with van der Waals surface area (Å²) in [6.45, 7) is 4.20. The van der Waals surface area contributed by atoms with Gasteiger partial charge in [-0.05, 0) is 30.9 Å². The molecule has 0 saturated carbocycles. The fraction of sp³-hybridized carbons (Fsp3) is 0.600. The Balaban J connectivity index is 1.72. The van der Waals surface area contributed by atoms with Crippen LogP contribution < -0.4 is 4.90 Å². The third-order valence-electron chi connectivity index (χ3n) is 4.17. The third-order valence-corrected chi connectivity index (χ3v) is 4.17. The van der Waals surface area contributed by atoms with Gasteiger partial charge in [-0.3, -0.25) is 4.79 Å². The maximum absolute atomic E-state index is 11.1. The standard InChI is InChI=1S/C15H21N3O2/c19-12-18-6-2-1-3-14(18)13-4-5-15(16-11-13)17-7-9-20-10-8-17/h4-5,11-12,14H,1-3,6-10H2/t14-/m0/s1. The van der Waals surface area contributed by atoms with Gasteiger partial charge in [0.15, 0.2) is 0 Å². The molecular formula is C15H21N3O2. The smallest absolute Gasteiger partial charge is 0.210 e. The van der Waals surface area contributed by atoms with Gasteiger partial charge >= 0.3 is 0 Å². The van der Waals surface area contributed by atoms with Crippen molar-refractivity contribution < 1.29 is 9.53 Å². The highest BCUT2D eigenvalue weighted by molar-refractivity contribution is 5.49. The molecule has 3 heterocycles. The van der Waals surface area contributed by atoms with Gasteiger partial charge in [-0.2, -0.15) is 0 Å². The summed E-state index contributed by atoms with van der Waals surface area (Å²) in [7, 11) is 0. The van der Waals surface area contributed by atoms with Crippen LogP contribution in [0.15, 0.2) is 18.3 Å². The van der Waals surface area contributed by atoms with Crippen LogP contribution in [0.1, 0.15) is 30.9 Å². The molecule has 1 aromatic rings. The molecule has 1 amide bonds. The van der Waals surface area contributed by atoms with E-state index in [4.69, 9.17) is 4.74 Å². The summed E-state index contributed by atoms with van der Waals surface area (Å²) >= 11 is 0. The summed E-state index contributed by atoms with van der Waals surface area (Å²) in [6.07, 6.45) is 6.23. The summed E-state index contributed by atoms with van der Waals surface area (Å²) in [5.41, 5.74) is 1.15. The quantitative estimate of drug-likeness (QED) is 0.786. The number of carbonyl (C=O) groups excluding carboxylic acids is 1. The summed E-state index contributed by atoms with van der Waals surface area (Å²) in [4.78, 5) is 19.9. The Bertz CT molecular complexity index is 443. The van der Waals surface area contributed by atoms with E-state index < -0.39 is 0 Å². The van der Waals surface area contributed by atoms with Crippen LogP contribution in [0.4, 0.5) is 5.82 Å². The molecular weight excluding hydrogens is 254 g/mol. The van der Waals surface area contributed by atoms with Gasteiger partial charge in [-0.1, -0.05) is 6.07 Å². The second-order valence-corrected chi connectivity index (χ2v) is 5.40. The molecule has 5 heteroatoms. The van der Waals surface area contributed by atoms with Crippen molar-refractivity contribution in [3.05, 3.63) is 23.9 Å². The number of likely N-dealkylation sites (tertiary alicyclic amines) is 1. The fourth-order valence-corrected chi connectivity index (χ4v) is 3.01. The van der Waals surface area contributed by atoms with E-state index in [0.717, 1.165) is 63.5 Å². The van der Waals surface area contributed by atoms with Gasteiger partial charge in [-0.25, -0.2) is 4.98 Å². The van der Waals surface area contributed by atoms with Gasteiger partial charge in [0.05, 0.1) is 19.3 Å². The van der Waals surface area contributed by atoms with Crippen molar-refractivity contribution in [2.45, 2.75) is 25.3 Å². The highest BCUT2D eigenvalue weighted by Crippen LogP contribution is 2.29. The van der Waals surface area contributed by atoms with Crippen molar-refractivity contribution in [1.82, 2.24) is 9.88 Å². The van der Waals surface area contributed by atoms with E-state index in [1.54, 1.807) is 0 Å². The molecule has 20 heavy (non-hydrogen) atoms. The Morgan fingerprint density at radius 2 is 2.05 bits per heavy atom. The molecule has 0 unspecified atom stereocenters. The van der Waals surface area contributed by atoms with Crippen molar-refractivity contribution in [3.63, 3.8) is 0 Å². The van der Waals surface area contributed by atoms with Crippen LogP contribution in [0, 0.1) is 0 Å². The molecule has 0 aromatic carbocycles. The molecule has 3 rings (SSSR count). The predicted molar refractivity (Wildman–Crippen MR) is 76.6 cm³/mol. The van der Waals surface area contributed by atoms with Crippen LogP contribution in [-0.2, 0) is 9.53 Å². The minimum Gasteiger partial charge on any atom is -0.378 e. The van der Waals surface area contributed by atoms with E-state index in [2.05, 4.69) is 22.0 Å². The van der Waals surface area contributed by atoms with E-state index in [1.165, 1.54) is 6.42 Å². The SMILES string of the molecule is O=CN1CCCC[C@H]1c1ccc(N2CCOCC2)nc1. The Morgan fingerprint density at radius 3 is 2.75 bits per heavy atom. The molecule has 0 radical (unpaired) electrons. The summed E-state index contributed by atoms with van der Waals surface area (Å²) in [5.74, 6) is 1.01. The maximum Gasteiger partial charge on any atom is 0.210 e. The molecule has 0 aliphatic carbocycles. The third kappa shape index (κ3) is 2.77. The summed E-state index contributed by atoms with van der Waals surface area (Å²) in [5, 5.41) is 0. The lowest BCUT2D eigenvalue weighted by atomic mass is 9.97. The van der Waals surface area contributed by atoms with Gasteiger partial charge in [0, 0.05) is 25.8 Å². The van der Waals surface area contributed by atoms with Crippen molar-refractivity contribution in [2.75, 3.05) is 37.7 Å². The number of nitrogens with zero attached hydrogens (tertiary/aromatic N) is 3. The second-order valence-electron chi connectivity index (χ2n) is 5.40. The second kappa shape index (κ2) is 6.22. The number of pyridine rings is 1. The van der Waals surface area contributed by atoms with E-state index >= 15 is 0 Å². The van der Waals surface area contributed by atoms with Crippen LogP contribution >= 0.6 is 0 Å². The minimum atomic E-state index is 0.201. The highest BCUT2D eigenvalue weighted by atomic mass is 16.5. The number of amides is 1. The highest BCUT2D eigenvalue weighted by Gasteiger charge is 2.23. The van der Waals surface area contributed by atoms with Crippen LogP contribution in [0.5, 0.6) is 0 Å². The molecule has 2 fully saturated rings. The lowest BCUT2D eigenvalue weighted by Gasteiger charge is -2.33. The van der Waals surface area contributed by atoms with Crippen molar-refractivity contribution in [2.24, 2.45) is 0 Å². The zero-order chi connectivity index (χ0) is 13.8. The maximum atomic E-state index is 11.1. The molecule has 2 saturated heterocycles. The number of ether oxygens (including phenoxy) is 1. The number of carbonyl (C=O) groups is 1. The van der Waals surface area contributed by atoms with Gasteiger partial charge in [0.25, 0.3) is 0 Å². The first-order chi connectivity index (χ1) is 9.88. The van der Waals surface area contributed by atoms with Gasteiger partial charge in [0.2, 0.25) is 6.41 Å². The normalized spacial score (nSPS) is 23.7. The summed E-state index contributed by atoms with van der Waals surface area (Å²) in [6, 6.07) is 4.38. The monoisotopic (exact) mass is 275 g/mol. The number of rotatable bonds is 3. The molecule has 0 bridgehead atoms. The number of hydrogen-bond donors (Lipinski definition) is 0. The predicted octanol–water partition coefficient (Wildman–Crippen LogP) is 1.60. The van der Waals surface area contributed by atoms with Crippen LogP contribution in [0.25, 0.3) is 0 Å². The molecule has 2 aliphatic heterocycles. The zero-order valence-corrected chi connectivity index (χ0v) is 11.7. The first-order valence-corrected chi connectivity index (χ1v) is 7.38. The minimum absolute atomic E-state index is 0.201. The van der Waals surface area contributed by atoms with Gasteiger partial charge < -0.3 is 14.5 Å². The lowest BCUT2D eigenvalue weighted by Crippen LogP contribution is -2.37. The van der Waals surface area contributed by atoms with Crippen molar-refractivity contribution in [1.29, 1.82) is 0 Å². The van der Waals surface area contributed by atoms with Crippen LogP contribution in [-0.4, -0.2) is 49.1 Å². The number of hydrogen-bond acceptors (Lipinski definition) is 4. The van der Waals surface area contributed by atoms with E-state index in [0.29, 0.717) is 0 Å². The molecule has 0 N–H and O–H groups in total. The van der Waals surface area contributed by atoms with Crippen LogP contribution in [0.3, 0.4) is 0 Å². The van der Waals surface area contributed by atoms with Gasteiger partial charge in [0.1, 0.15) is 5.82 Å². The average Bonchev–Trinajstić information content (AvgIpc) is 2.56. The number of morpholine rings is 1. The number of piperidine rings is 1. The number of anilines is 1. The molecule has 108 valence electrons. The molecule has 2 aliphatic rings. The largest absolute Gasteiger partial charge is 0.378 e. The average molecular weight is 275 g/mol. The molecule has 1 atom stereocenters. The van der Waals surface area contributed by atoms with Crippen molar-refractivity contribution >= 4 is 12.2 Å². The van der Waals surface area contributed by atoms with E-state index in [9.17, 15) is 4.79 Å². The molecule has 1 aromatic heterocycles. The molecule has 5 nitrogen and oxygen atoms in total. The van der Waals surface area contributed by atoms with Crippen LogP contribution in [0.2, 0.25) is 0 Å². The topological polar surface area (TPSA) is 45.7 Å². The van der Waals surface area contributed by atoms with E-state index in [-0.39, 0.29) is 6.04 Å². The first kappa shape index (κ1) is 13.4. The fourth-order valence-electron chi connectivity index (χ4n) is 3.01. The molecule has 0 spiro atoms. The lowest BCUT2D eigenvalue weighted by molar-refractivity contribution is -0.121. The first-order valence-electron chi connectivity index (χ1n) is 7.38.